The summed E-state index contributed by atoms with van der Waals surface area (Å²) in [6, 6.07) is 9.67. The molecule has 0 aliphatic carbocycles. The second kappa shape index (κ2) is 8.78. The number of anilines is 1. The summed E-state index contributed by atoms with van der Waals surface area (Å²) in [4.78, 5) is 16.3. The number of pyridine rings is 1. The van der Waals surface area contributed by atoms with Crippen molar-refractivity contribution in [3.05, 3.63) is 53.9 Å². The number of methoxy groups -OCH3 is 1. The Kier molecular flexibility index (Phi) is 6.41. The zero-order chi connectivity index (χ0) is 16.5. The number of amides is 1. The Balaban J connectivity index is 1.86. The zero-order valence-corrected chi connectivity index (χ0v) is 13.6. The first-order chi connectivity index (χ1) is 11.2. The number of nitrogens with one attached hydrogen (secondary N) is 2. The number of hydrogen-bond acceptors (Lipinski definition) is 4. The van der Waals surface area contributed by atoms with Gasteiger partial charge in [0.05, 0.1) is 18.4 Å². The smallest absolute Gasteiger partial charge is 0.252 e. The Morgan fingerprint density at radius 3 is 2.87 bits per heavy atom. The molecule has 0 atom stereocenters. The van der Waals surface area contributed by atoms with Crippen LogP contribution in [0.2, 0.25) is 0 Å². The van der Waals surface area contributed by atoms with E-state index in [1.165, 1.54) is 0 Å². The number of hydrogen-bond donors (Lipinski definition) is 2. The van der Waals surface area contributed by atoms with Gasteiger partial charge in [-0.3, -0.25) is 9.78 Å². The SMILES string of the molecule is CCCNc1cncc(C(=O)NCCc2cccc(OC)c2)c1. The first kappa shape index (κ1) is 16.8. The van der Waals surface area contributed by atoms with Crippen LogP contribution in [0.3, 0.4) is 0 Å². The van der Waals surface area contributed by atoms with Crippen LogP contribution in [0, 0.1) is 0 Å². The first-order valence-electron chi connectivity index (χ1n) is 7.83. The highest BCUT2D eigenvalue weighted by Gasteiger charge is 2.06. The van der Waals surface area contributed by atoms with Crippen LogP contribution in [0.1, 0.15) is 29.3 Å². The van der Waals surface area contributed by atoms with Crippen molar-refractivity contribution in [2.45, 2.75) is 19.8 Å². The van der Waals surface area contributed by atoms with Crippen molar-refractivity contribution < 1.29 is 9.53 Å². The Labute approximate surface area is 137 Å². The van der Waals surface area contributed by atoms with Crippen LogP contribution in [0.5, 0.6) is 5.75 Å². The molecule has 2 N–H and O–H groups in total. The summed E-state index contributed by atoms with van der Waals surface area (Å²) in [6.07, 6.45) is 5.09. The number of ether oxygens (including phenoxy) is 1. The van der Waals surface area contributed by atoms with Gasteiger partial charge in [0, 0.05) is 25.5 Å². The molecule has 1 heterocycles. The monoisotopic (exact) mass is 313 g/mol. The van der Waals surface area contributed by atoms with E-state index in [9.17, 15) is 4.79 Å². The van der Waals surface area contributed by atoms with Crippen molar-refractivity contribution in [1.29, 1.82) is 0 Å². The lowest BCUT2D eigenvalue weighted by Crippen LogP contribution is -2.25. The van der Waals surface area contributed by atoms with Crippen molar-refractivity contribution >= 4 is 11.6 Å². The number of carbonyl (C=O) groups is 1. The molecule has 1 aromatic carbocycles. The minimum absolute atomic E-state index is 0.111. The lowest BCUT2D eigenvalue weighted by Gasteiger charge is -2.08. The molecule has 2 aromatic rings. The van der Waals surface area contributed by atoms with Gasteiger partial charge in [0.1, 0.15) is 5.75 Å². The van der Waals surface area contributed by atoms with E-state index in [-0.39, 0.29) is 5.91 Å². The maximum Gasteiger partial charge on any atom is 0.252 e. The van der Waals surface area contributed by atoms with E-state index in [1.54, 1.807) is 19.5 Å². The van der Waals surface area contributed by atoms with Crippen LogP contribution in [0.25, 0.3) is 0 Å². The summed E-state index contributed by atoms with van der Waals surface area (Å²) in [7, 11) is 1.65. The van der Waals surface area contributed by atoms with Crippen molar-refractivity contribution in [1.82, 2.24) is 10.3 Å². The number of carbonyl (C=O) groups excluding carboxylic acids is 1. The first-order valence-corrected chi connectivity index (χ1v) is 7.83. The highest BCUT2D eigenvalue weighted by Crippen LogP contribution is 2.13. The minimum atomic E-state index is -0.111. The van der Waals surface area contributed by atoms with E-state index < -0.39 is 0 Å². The molecule has 0 spiro atoms. The normalized spacial score (nSPS) is 10.2. The molecular weight excluding hydrogens is 290 g/mol. The van der Waals surface area contributed by atoms with E-state index in [0.29, 0.717) is 12.1 Å². The predicted octanol–water partition coefficient (Wildman–Crippen LogP) is 2.88. The van der Waals surface area contributed by atoms with Gasteiger partial charge in [-0.2, -0.15) is 0 Å². The Morgan fingerprint density at radius 2 is 2.09 bits per heavy atom. The fraction of sp³-hybridized carbons (Fsp3) is 0.333. The Hall–Kier alpha value is -2.56. The van der Waals surface area contributed by atoms with Crippen LogP contribution < -0.4 is 15.4 Å². The molecule has 23 heavy (non-hydrogen) atoms. The zero-order valence-electron chi connectivity index (χ0n) is 13.6. The van der Waals surface area contributed by atoms with E-state index in [1.807, 2.05) is 30.3 Å². The lowest BCUT2D eigenvalue weighted by atomic mass is 10.1. The standard InChI is InChI=1S/C18H23N3O2/c1-3-8-20-16-11-15(12-19-13-16)18(22)21-9-7-14-5-4-6-17(10-14)23-2/h4-6,10-13,20H,3,7-9H2,1-2H3,(H,21,22). The van der Waals surface area contributed by atoms with Crippen LogP contribution in [-0.2, 0) is 6.42 Å². The predicted molar refractivity (Wildman–Crippen MR) is 92.0 cm³/mol. The largest absolute Gasteiger partial charge is 0.497 e. The molecule has 0 unspecified atom stereocenters. The van der Waals surface area contributed by atoms with Gasteiger partial charge in [0.25, 0.3) is 5.91 Å². The maximum atomic E-state index is 12.2. The van der Waals surface area contributed by atoms with Crippen molar-refractivity contribution in [3.63, 3.8) is 0 Å². The third-order valence-corrected chi connectivity index (χ3v) is 3.41. The third kappa shape index (κ3) is 5.29. The molecule has 0 bridgehead atoms. The number of aromatic nitrogens is 1. The number of rotatable bonds is 8. The van der Waals surface area contributed by atoms with E-state index in [4.69, 9.17) is 4.74 Å². The second-order valence-electron chi connectivity index (χ2n) is 5.25. The fourth-order valence-corrected chi connectivity index (χ4v) is 2.18. The fourth-order valence-electron chi connectivity index (χ4n) is 2.18. The molecule has 5 heteroatoms. The number of benzene rings is 1. The van der Waals surface area contributed by atoms with Gasteiger partial charge in [-0.1, -0.05) is 19.1 Å². The van der Waals surface area contributed by atoms with Gasteiger partial charge in [0.15, 0.2) is 0 Å². The van der Waals surface area contributed by atoms with E-state index >= 15 is 0 Å². The molecule has 0 radical (unpaired) electrons. The molecule has 2 rings (SSSR count). The molecule has 0 fully saturated rings. The molecule has 0 aliphatic rings. The van der Waals surface area contributed by atoms with Gasteiger partial charge in [-0.15, -0.1) is 0 Å². The van der Waals surface area contributed by atoms with E-state index in [2.05, 4.69) is 22.5 Å². The number of nitrogens with zero attached hydrogens (tertiary/aromatic N) is 1. The maximum absolute atomic E-state index is 12.2. The molecule has 1 amide bonds. The van der Waals surface area contributed by atoms with Gasteiger partial charge in [-0.05, 0) is 36.6 Å². The topological polar surface area (TPSA) is 63.2 Å². The highest BCUT2D eigenvalue weighted by molar-refractivity contribution is 5.94. The molecule has 0 saturated heterocycles. The minimum Gasteiger partial charge on any atom is -0.497 e. The highest BCUT2D eigenvalue weighted by atomic mass is 16.5. The van der Waals surface area contributed by atoms with Gasteiger partial charge in [-0.25, -0.2) is 0 Å². The van der Waals surface area contributed by atoms with Crippen molar-refractivity contribution in [2.75, 3.05) is 25.5 Å². The van der Waals surface area contributed by atoms with Gasteiger partial charge in [0.2, 0.25) is 0 Å². The molecule has 122 valence electrons. The Bertz CT molecular complexity index is 644. The van der Waals surface area contributed by atoms with Gasteiger partial charge >= 0.3 is 0 Å². The summed E-state index contributed by atoms with van der Waals surface area (Å²) >= 11 is 0. The lowest BCUT2D eigenvalue weighted by molar-refractivity contribution is 0.0954. The van der Waals surface area contributed by atoms with Crippen LogP contribution in [0.4, 0.5) is 5.69 Å². The summed E-state index contributed by atoms with van der Waals surface area (Å²) < 4.78 is 5.19. The van der Waals surface area contributed by atoms with Crippen LogP contribution >= 0.6 is 0 Å². The average molecular weight is 313 g/mol. The molecule has 0 saturated carbocycles. The van der Waals surface area contributed by atoms with Gasteiger partial charge < -0.3 is 15.4 Å². The van der Waals surface area contributed by atoms with E-state index in [0.717, 1.165) is 36.4 Å². The second-order valence-corrected chi connectivity index (χ2v) is 5.25. The summed E-state index contributed by atoms with van der Waals surface area (Å²) in [6.45, 7) is 3.52. The Morgan fingerprint density at radius 1 is 1.22 bits per heavy atom. The summed E-state index contributed by atoms with van der Waals surface area (Å²) in [5.41, 5.74) is 2.56. The van der Waals surface area contributed by atoms with Crippen LogP contribution in [0.15, 0.2) is 42.7 Å². The molecule has 5 nitrogen and oxygen atoms in total. The van der Waals surface area contributed by atoms with Crippen molar-refractivity contribution in [2.24, 2.45) is 0 Å². The molecular formula is C18H23N3O2. The van der Waals surface area contributed by atoms with Crippen molar-refractivity contribution in [3.8, 4) is 5.75 Å². The summed E-state index contributed by atoms with van der Waals surface area (Å²) in [5, 5.41) is 6.15. The molecule has 1 aromatic heterocycles. The third-order valence-electron chi connectivity index (χ3n) is 3.41. The average Bonchev–Trinajstić information content (AvgIpc) is 2.60. The van der Waals surface area contributed by atoms with Crippen LogP contribution in [-0.4, -0.2) is 31.1 Å². The quantitative estimate of drug-likeness (QED) is 0.786. The molecule has 0 aliphatic heterocycles. The summed E-state index contributed by atoms with van der Waals surface area (Å²) in [5.74, 6) is 0.716.